The van der Waals surface area contributed by atoms with E-state index in [1.807, 2.05) is 0 Å². The molecule has 3 rings (SSSR count). The van der Waals surface area contributed by atoms with Gasteiger partial charge in [0.1, 0.15) is 6.33 Å². The predicted molar refractivity (Wildman–Crippen MR) is 109 cm³/mol. The highest BCUT2D eigenvalue weighted by molar-refractivity contribution is 9.10. The molecule has 0 saturated heterocycles. The van der Waals surface area contributed by atoms with Crippen molar-refractivity contribution in [1.82, 2.24) is 15.4 Å². The van der Waals surface area contributed by atoms with E-state index < -0.39 is 16.5 Å². The minimum Gasteiger partial charge on any atom is -0.334 e. The van der Waals surface area contributed by atoms with Crippen molar-refractivity contribution in [2.24, 2.45) is 0 Å². The Balaban J connectivity index is 1.80. The Morgan fingerprint density at radius 1 is 1.04 bits per heavy atom. The number of halogens is 2. The van der Waals surface area contributed by atoms with E-state index in [0.29, 0.717) is 16.3 Å². The van der Waals surface area contributed by atoms with E-state index in [1.165, 1.54) is 12.1 Å². The Morgan fingerprint density at radius 3 is 2.32 bits per heavy atom. The Bertz CT molecular complexity index is 1010. The number of anilines is 3. The maximum absolute atomic E-state index is 12.2. The van der Waals surface area contributed by atoms with Crippen LogP contribution in [-0.4, -0.2) is 20.8 Å². The van der Waals surface area contributed by atoms with Crippen LogP contribution in [0.2, 0.25) is 5.02 Å². The van der Waals surface area contributed by atoms with Gasteiger partial charge in [0.2, 0.25) is 11.6 Å². The molecule has 1 amide bonds. The first-order valence-electron chi connectivity index (χ1n) is 7.78. The number of hydrogen-bond acceptors (Lipinski definition) is 7. The van der Waals surface area contributed by atoms with Gasteiger partial charge in [0.05, 0.1) is 4.92 Å². The first kappa shape index (κ1) is 19.5. The predicted octanol–water partition coefficient (Wildman–Crippen LogP) is 4.30. The Hall–Kier alpha value is -3.24. The molecule has 3 N–H and O–H groups in total. The summed E-state index contributed by atoms with van der Waals surface area (Å²) in [5.41, 5.74) is 5.34. The average molecular weight is 464 g/mol. The lowest BCUT2D eigenvalue weighted by Gasteiger charge is -2.11. The summed E-state index contributed by atoms with van der Waals surface area (Å²) in [6, 6.07) is 13.2. The van der Waals surface area contributed by atoms with E-state index >= 15 is 0 Å². The Kier molecular flexibility index (Phi) is 6.02. The summed E-state index contributed by atoms with van der Waals surface area (Å²) in [5.74, 6) is -0.695. The van der Waals surface area contributed by atoms with Gasteiger partial charge in [0, 0.05) is 20.7 Å². The van der Waals surface area contributed by atoms with Crippen LogP contribution in [0, 0.1) is 10.1 Å². The zero-order valence-corrected chi connectivity index (χ0v) is 16.4. The molecular formula is C17H12BrClN6O3. The maximum atomic E-state index is 12.2. The van der Waals surface area contributed by atoms with Gasteiger partial charge in [-0.2, -0.15) is 0 Å². The van der Waals surface area contributed by atoms with Crippen LogP contribution in [0.4, 0.5) is 23.0 Å². The van der Waals surface area contributed by atoms with E-state index in [2.05, 4.69) is 42.1 Å². The molecule has 28 heavy (non-hydrogen) atoms. The molecule has 2 aromatic carbocycles. The topological polar surface area (TPSA) is 122 Å². The van der Waals surface area contributed by atoms with Crippen molar-refractivity contribution in [2.45, 2.75) is 0 Å². The second kappa shape index (κ2) is 8.63. The number of rotatable bonds is 6. The molecule has 1 heterocycles. The van der Waals surface area contributed by atoms with E-state index in [9.17, 15) is 14.9 Å². The number of aromatic nitrogens is 2. The minimum atomic E-state index is -0.641. The smallest absolute Gasteiger partial charge is 0.334 e. The Morgan fingerprint density at radius 2 is 1.68 bits per heavy atom. The van der Waals surface area contributed by atoms with Gasteiger partial charge in [0.15, 0.2) is 0 Å². The number of amides is 1. The Labute approximate surface area is 172 Å². The second-order valence-corrected chi connectivity index (χ2v) is 6.75. The normalized spacial score (nSPS) is 10.2. The quantitative estimate of drug-likeness (QED) is 0.368. The highest BCUT2D eigenvalue weighted by atomic mass is 79.9. The fraction of sp³-hybridized carbons (Fsp3) is 0. The summed E-state index contributed by atoms with van der Waals surface area (Å²) in [6.45, 7) is 0. The van der Waals surface area contributed by atoms with Crippen molar-refractivity contribution < 1.29 is 9.72 Å². The standard InChI is InChI=1S/C17H12BrClN6O3/c18-11-3-7-13(8-4-11)22-15-14(25(27)28)16(21-9-20-15)23-24-17(26)10-1-5-12(19)6-2-10/h1-9H,(H,24,26)(H2,20,21,22,23). The number of carbonyl (C=O) groups excluding carboxylic acids is 1. The number of hydrogen-bond donors (Lipinski definition) is 3. The zero-order valence-electron chi connectivity index (χ0n) is 14.0. The molecule has 11 heteroatoms. The molecule has 3 aromatic rings. The first-order valence-corrected chi connectivity index (χ1v) is 8.95. The lowest BCUT2D eigenvalue weighted by Crippen LogP contribution is -2.30. The zero-order chi connectivity index (χ0) is 20.1. The van der Waals surface area contributed by atoms with E-state index in [1.54, 1.807) is 36.4 Å². The summed E-state index contributed by atoms with van der Waals surface area (Å²) in [5, 5.41) is 14.9. The highest BCUT2D eigenvalue weighted by Gasteiger charge is 2.23. The van der Waals surface area contributed by atoms with Crippen molar-refractivity contribution in [1.29, 1.82) is 0 Å². The number of nitrogens with one attached hydrogen (secondary N) is 3. The number of benzene rings is 2. The van der Waals surface area contributed by atoms with Crippen molar-refractivity contribution in [3.05, 3.63) is 80.0 Å². The van der Waals surface area contributed by atoms with Crippen LogP contribution in [0.15, 0.2) is 59.3 Å². The summed E-state index contributed by atoms with van der Waals surface area (Å²) in [4.78, 5) is 30.9. The summed E-state index contributed by atoms with van der Waals surface area (Å²) in [7, 11) is 0. The van der Waals surface area contributed by atoms with Gasteiger partial charge in [-0.05, 0) is 48.5 Å². The molecule has 0 saturated carbocycles. The third-order valence-corrected chi connectivity index (χ3v) is 4.29. The molecule has 0 fully saturated rings. The van der Waals surface area contributed by atoms with Gasteiger partial charge in [-0.25, -0.2) is 9.97 Å². The summed E-state index contributed by atoms with van der Waals surface area (Å²) in [6.07, 6.45) is 1.14. The van der Waals surface area contributed by atoms with Crippen molar-refractivity contribution in [2.75, 3.05) is 10.7 Å². The monoisotopic (exact) mass is 462 g/mol. The molecule has 0 aliphatic rings. The molecule has 0 atom stereocenters. The number of nitro groups is 1. The molecule has 0 bridgehead atoms. The van der Waals surface area contributed by atoms with Crippen LogP contribution in [0.1, 0.15) is 10.4 Å². The number of hydrazine groups is 1. The van der Waals surface area contributed by atoms with Crippen molar-refractivity contribution in [3.8, 4) is 0 Å². The molecule has 0 aliphatic heterocycles. The summed E-state index contributed by atoms with van der Waals surface area (Å²) < 4.78 is 0.863. The number of carbonyl (C=O) groups is 1. The van der Waals surface area contributed by atoms with Crippen LogP contribution in [0.25, 0.3) is 0 Å². The third kappa shape index (κ3) is 4.72. The van der Waals surface area contributed by atoms with Crippen molar-refractivity contribution >= 4 is 56.4 Å². The van der Waals surface area contributed by atoms with Crippen molar-refractivity contribution in [3.63, 3.8) is 0 Å². The molecule has 9 nitrogen and oxygen atoms in total. The van der Waals surface area contributed by atoms with Crippen LogP contribution in [0.5, 0.6) is 0 Å². The second-order valence-electron chi connectivity index (χ2n) is 5.39. The van der Waals surface area contributed by atoms with Gasteiger partial charge >= 0.3 is 5.69 Å². The van der Waals surface area contributed by atoms with Crippen LogP contribution >= 0.6 is 27.5 Å². The first-order chi connectivity index (χ1) is 13.4. The molecular weight excluding hydrogens is 452 g/mol. The van der Waals surface area contributed by atoms with Crippen LogP contribution in [-0.2, 0) is 0 Å². The van der Waals surface area contributed by atoms with Crippen LogP contribution < -0.4 is 16.2 Å². The van der Waals surface area contributed by atoms with Gasteiger partial charge in [-0.15, -0.1) is 0 Å². The van der Waals surface area contributed by atoms with Gasteiger partial charge in [-0.3, -0.25) is 25.8 Å². The van der Waals surface area contributed by atoms with Gasteiger partial charge in [-0.1, -0.05) is 27.5 Å². The van der Waals surface area contributed by atoms with E-state index in [-0.39, 0.29) is 11.6 Å². The SMILES string of the molecule is O=C(NNc1ncnc(Nc2ccc(Br)cc2)c1[N+](=O)[O-])c1ccc(Cl)cc1. The van der Waals surface area contributed by atoms with Gasteiger partial charge in [0.25, 0.3) is 5.91 Å². The highest BCUT2D eigenvalue weighted by Crippen LogP contribution is 2.31. The summed E-state index contributed by atoms with van der Waals surface area (Å²) >= 11 is 9.11. The lowest BCUT2D eigenvalue weighted by molar-refractivity contribution is -0.383. The minimum absolute atomic E-state index is 0.0226. The average Bonchev–Trinajstić information content (AvgIpc) is 2.68. The third-order valence-electron chi connectivity index (χ3n) is 3.51. The molecule has 0 spiro atoms. The molecule has 0 unspecified atom stereocenters. The molecule has 0 aliphatic carbocycles. The fourth-order valence-corrected chi connectivity index (χ4v) is 2.58. The van der Waals surface area contributed by atoms with E-state index in [4.69, 9.17) is 11.6 Å². The van der Waals surface area contributed by atoms with E-state index in [0.717, 1.165) is 10.8 Å². The maximum Gasteiger partial charge on any atom is 0.355 e. The molecule has 0 radical (unpaired) electrons. The molecule has 142 valence electrons. The van der Waals surface area contributed by atoms with Crippen LogP contribution in [0.3, 0.4) is 0 Å². The number of nitrogens with zero attached hydrogens (tertiary/aromatic N) is 3. The largest absolute Gasteiger partial charge is 0.355 e. The molecule has 1 aromatic heterocycles. The van der Waals surface area contributed by atoms with Gasteiger partial charge < -0.3 is 5.32 Å². The lowest BCUT2D eigenvalue weighted by atomic mass is 10.2. The fourth-order valence-electron chi connectivity index (χ4n) is 2.19.